The molecule has 3 heteroatoms. The van der Waals surface area contributed by atoms with Crippen molar-refractivity contribution in [1.82, 2.24) is 5.32 Å². The number of hydrogen-bond acceptors (Lipinski definition) is 3. The first kappa shape index (κ1) is 12.4. The van der Waals surface area contributed by atoms with E-state index < -0.39 is 0 Å². The summed E-state index contributed by atoms with van der Waals surface area (Å²) in [6, 6.07) is 8.96. The van der Waals surface area contributed by atoms with Gasteiger partial charge in [-0.15, -0.1) is 0 Å². The van der Waals surface area contributed by atoms with Gasteiger partial charge in [-0.25, -0.2) is 0 Å². The Hall–Kier alpha value is -1.06. The van der Waals surface area contributed by atoms with E-state index in [1.165, 1.54) is 5.56 Å². The van der Waals surface area contributed by atoms with Crippen LogP contribution in [0.4, 0.5) is 0 Å². The first-order valence-electron chi connectivity index (χ1n) is 6.19. The van der Waals surface area contributed by atoms with E-state index >= 15 is 0 Å². The average molecular weight is 235 g/mol. The van der Waals surface area contributed by atoms with E-state index in [0.717, 1.165) is 19.0 Å². The molecule has 3 nitrogen and oxygen atoms in total. The number of rotatable bonds is 4. The van der Waals surface area contributed by atoms with Gasteiger partial charge >= 0.3 is 0 Å². The summed E-state index contributed by atoms with van der Waals surface area (Å²) in [6.07, 6.45) is 0. The quantitative estimate of drug-likeness (QED) is 0.869. The minimum atomic E-state index is 0.346. The van der Waals surface area contributed by atoms with Crippen LogP contribution in [0.1, 0.15) is 25.5 Å². The molecule has 1 aromatic rings. The normalized spacial score (nSPS) is 24.9. The van der Waals surface area contributed by atoms with Gasteiger partial charge < -0.3 is 14.8 Å². The maximum absolute atomic E-state index is 5.74. The van der Waals surface area contributed by atoms with Gasteiger partial charge in [0.15, 0.2) is 0 Å². The lowest BCUT2D eigenvalue weighted by Crippen LogP contribution is -2.40. The molecule has 0 fully saturated rings. The Kier molecular flexibility index (Phi) is 4.02. The van der Waals surface area contributed by atoms with Gasteiger partial charge in [-0.2, -0.15) is 0 Å². The fourth-order valence-electron chi connectivity index (χ4n) is 2.35. The molecular weight excluding hydrogens is 214 g/mol. The summed E-state index contributed by atoms with van der Waals surface area (Å²) in [7, 11) is 1.74. The first-order valence-corrected chi connectivity index (χ1v) is 6.19. The zero-order valence-electron chi connectivity index (χ0n) is 10.8. The highest BCUT2D eigenvalue weighted by Gasteiger charge is 2.28. The second-order valence-electron chi connectivity index (χ2n) is 4.83. The van der Waals surface area contributed by atoms with E-state index in [1.54, 1.807) is 7.11 Å². The minimum absolute atomic E-state index is 0.346. The Morgan fingerprint density at radius 3 is 3.00 bits per heavy atom. The predicted octanol–water partition coefficient (Wildman–Crippen LogP) is 2.38. The number of nitrogens with one attached hydrogen (secondary N) is 1. The van der Waals surface area contributed by atoms with E-state index in [2.05, 4.69) is 31.3 Å². The summed E-state index contributed by atoms with van der Waals surface area (Å²) in [4.78, 5) is 0. The molecule has 94 valence electrons. The Bertz CT molecular complexity index is 367. The summed E-state index contributed by atoms with van der Waals surface area (Å²) >= 11 is 0. The smallest absolute Gasteiger partial charge is 0.124 e. The number of fused-ring (bicyclic) bond motifs is 1. The van der Waals surface area contributed by atoms with Crippen molar-refractivity contribution in [3.05, 3.63) is 29.8 Å². The Balaban J connectivity index is 2.15. The van der Waals surface area contributed by atoms with Crippen LogP contribution in [-0.4, -0.2) is 26.4 Å². The van der Waals surface area contributed by atoms with Crippen LogP contribution in [0.2, 0.25) is 0 Å². The molecule has 0 aliphatic carbocycles. The molecule has 0 amide bonds. The third-order valence-electron chi connectivity index (χ3n) is 3.21. The topological polar surface area (TPSA) is 30.5 Å². The van der Waals surface area contributed by atoms with Gasteiger partial charge in [0, 0.05) is 30.7 Å². The van der Waals surface area contributed by atoms with Gasteiger partial charge in [-0.3, -0.25) is 0 Å². The van der Waals surface area contributed by atoms with Crippen LogP contribution in [0, 0.1) is 5.92 Å². The van der Waals surface area contributed by atoms with E-state index in [-0.39, 0.29) is 0 Å². The zero-order chi connectivity index (χ0) is 12.3. The van der Waals surface area contributed by atoms with Crippen molar-refractivity contribution in [2.45, 2.75) is 25.9 Å². The molecule has 3 atom stereocenters. The maximum atomic E-state index is 5.74. The summed E-state index contributed by atoms with van der Waals surface area (Å²) in [6.45, 7) is 5.86. The molecule has 17 heavy (non-hydrogen) atoms. The van der Waals surface area contributed by atoms with Crippen molar-refractivity contribution in [3.63, 3.8) is 0 Å². The van der Waals surface area contributed by atoms with Crippen molar-refractivity contribution in [2.24, 2.45) is 5.92 Å². The van der Waals surface area contributed by atoms with Crippen molar-refractivity contribution < 1.29 is 9.47 Å². The maximum Gasteiger partial charge on any atom is 0.124 e. The van der Waals surface area contributed by atoms with Gasteiger partial charge in [0.25, 0.3) is 0 Å². The monoisotopic (exact) mass is 235 g/mol. The molecule has 0 saturated carbocycles. The Morgan fingerprint density at radius 1 is 1.47 bits per heavy atom. The van der Waals surface area contributed by atoms with E-state index in [4.69, 9.17) is 9.47 Å². The molecule has 1 heterocycles. The van der Waals surface area contributed by atoms with Crippen LogP contribution in [0.25, 0.3) is 0 Å². The number of para-hydroxylation sites is 1. The molecule has 1 aromatic carbocycles. The SMILES string of the molecule is COCC(C)NC1c2ccccc2OCC1C. The molecule has 1 N–H and O–H groups in total. The third-order valence-corrected chi connectivity index (χ3v) is 3.21. The summed E-state index contributed by atoms with van der Waals surface area (Å²) in [5.41, 5.74) is 1.26. The molecule has 0 radical (unpaired) electrons. The average Bonchev–Trinajstić information content (AvgIpc) is 2.33. The highest BCUT2D eigenvalue weighted by atomic mass is 16.5. The second-order valence-corrected chi connectivity index (χ2v) is 4.83. The van der Waals surface area contributed by atoms with Crippen LogP contribution >= 0.6 is 0 Å². The lowest BCUT2D eigenvalue weighted by molar-refractivity contribution is 0.140. The molecule has 1 aliphatic heterocycles. The largest absolute Gasteiger partial charge is 0.493 e. The molecule has 1 aliphatic rings. The number of methoxy groups -OCH3 is 1. The second kappa shape index (κ2) is 5.52. The van der Waals surface area contributed by atoms with Crippen molar-refractivity contribution in [1.29, 1.82) is 0 Å². The molecular formula is C14H21NO2. The molecule has 2 rings (SSSR count). The molecule has 0 aromatic heterocycles. The number of ether oxygens (including phenoxy) is 2. The van der Waals surface area contributed by atoms with E-state index in [0.29, 0.717) is 18.0 Å². The summed E-state index contributed by atoms with van der Waals surface area (Å²) < 4.78 is 10.9. The third kappa shape index (κ3) is 2.79. The fraction of sp³-hybridized carbons (Fsp3) is 0.571. The van der Waals surface area contributed by atoms with Crippen LogP contribution < -0.4 is 10.1 Å². The van der Waals surface area contributed by atoms with Crippen molar-refractivity contribution >= 4 is 0 Å². The molecule has 0 spiro atoms. The number of hydrogen-bond donors (Lipinski definition) is 1. The minimum Gasteiger partial charge on any atom is -0.493 e. The van der Waals surface area contributed by atoms with Crippen molar-refractivity contribution in [3.8, 4) is 5.75 Å². The molecule has 0 bridgehead atoms. The zero-order valence-corrected chi connectivity index (χ0v) is 10.8. The fourth-order valence-corrected chi connectivity index (χ4v) is 2.35. The first-order chi connectivity index (χ1) is 8.22. The van der Waals surface area contributed by atoms with E-state index in [9.17, 15) is 0 Å². The van der Waals surface area contributed by atoms with Crippen molar-refractivity contribution in [2.75, 3.05) is 20.3 Å². The lowest BCUT2D eigenvalue weighted by Gasteiger charge is -2.34. The van der Waals surface area contributed by atoms with Gasteiger partial charge in [-0.05, 0) is 13.0 Å². The van der Waals surface area contributed by atoms with Gasteiger partial charge in [-0.1, -0.05) is 25.1 Å². The predicted molar refractivity (Wildman–Crippen MR) is 68.3 cm³/mol. The lowest BCUT2D eigenvalue weighted by atomic mass is 9.91. The highest BCUT2D eigenvalue weighted by molar-refractivity contribution is 5.37. The Labute approximate surface area is 103 Å². The molecule has 3 unspecified atom stereocenters. The highest BCUT2D eigenvalue weighted by Crippen LogP contribution is 2.35. The van der Waals surface area contributed by atoms with Crippen LogP contribution in [0.3, 0.4) is 0 Å². The van der Waals surface area contributed by atoms with Crippen LogP contribution in [0.15, 0.2) is 24.3 Å². The van der Waals surface area contributed by atoms with Crippen LogP contribution in [0.5, 0.6) is 5.75 Å². The standard InChI is InChI=1S/C14H21NO2/c1-10-8-17-13-7-5-4-6-12(13)14(10)15-11(2)9-16-3/h4-7,10-11,14-15H,8-9H2,1-3H3. The molecule has 0 saturated heterocycles. The van der Waals surface area contributed by atoms with Gasteiger partial charge in [0.05, 0.1) is 13.2 Å². The number of benzene rings is 1. The van der Waals surface area contributed by atoms with Gasteiger partial charge in [0.1, 0.15) is 5.75 Å². The van der Waals surface area contributed by atoms with E-state index in [1.807, 2.05) is 12.1 Å². The summed E-state index contributed by atoms with van der Waals surface area (Å²) in [5, 5.41) is 3.62. The van der Waals surface area contributed by atoms with Crippen LogP contribution in [-0.2, 0) is 4.74 Å². The summed E-state index contributed by atoms with van der Waals surface area (Å²) in [5.74, 6) is 1.48. The van der Waals surface area contributed by atoms with Gasteiger partial charge in [0.2, 0.25) is 0 Å². The Morgan fingerprint density at radius 2 is 2.24 bits per heavy atom.